The lowest BCUT2D eigenvalue weighted by Gasteiger charge is -2.33. The maximum atomic E-state index is 12.8. The highest BCUT2D eigenvalue weighted by Crippen LogP contribution is 2.34. The number of piperidine rings is 1. The second-order valence-corrected chi connectivity index (χ2v) is 5.78. The van der Waals surface area contributed by atoms with Gasteiger partial charge in [0.15, 0.2) is 0 Å². The molecule has 0 spiro atoms. The van der Waals surface area contributed by atoms with E-state index in [0.717, 1.165) is 0 Å². The fourth-order valence-electron chi connectivity index (χ4n) is 2.81. The molecule has 1 aliphatic heterocycles. The Balaban J connectivity index is 2.13. The Morgan fingerprint density at radius 1 is 1.17 bits per heavy atom. The second kappa shape index (κ2) is 7.04. The molecule has 1 unspecified atom stereocenters. The first-order valence-corrected chi connectivity index (χ1v) is 7.38. The molecule has 2 nitrogen and oxygen atoms in total. The molecule has 0 saturated carbocycles. The first kappa shape index (κ1) is 18.6. The molecular formula is C16H17F6NO. The van der Waals surface area contributed by atoms with Crippen LogP contribution in [0.2, 0.25) is 0 Å². The highest BCUT2D eigenvalue weighted by Gasteiger charge is 2.41. The number of hydrogen-bond acceptors (Lipinski definition) is 2. The molecule has 0 N–H and O–H groups in total. The predicted octanol–water partition coefficient (Wildman–Crippen LogP) is 5.00. The Labute approximate surface area is 135 Å². The van der Waals surface area contributed by atoms with Crippen molar-refractivity contribution in [3.63, 3.8) is 0 Å². The average molecular weight is 353 g/mol. The van der Waals surface area contributed by atoms with E-state index < -0.39 is 24.2 Å². The molecule has 24 heavy (non-hydrogen) atoms. The minimum absolute atomic E-state index is 0.0785. The third kappa shape index (κ3) is 5.43. The van der Waals surface area contributed by atoms with Crippen molar-refractivity contribution in [3.05, 3.63) is 35.9 Å². The van der Waals surface area contributed by atoms with E-state index in [1.54, 1.807) is 11.0 Å². The maximum absolute atomic E-state index is 12.8. The molecule has 0 bridgehead atoms. The van der Waals surface area contributed by atoms with Crippen molar-refractivity contribution >= 4 is 6.08 Å². The minimum Gasteiger partial charge on any atom is -0.406 e. The topological polar surface area (TPSA) is 12.5 Å². The minimum atomic E-state index is -4.83. The zero-order valence-corrected chi connectivity index (χ0v) is 12.8. The van der Waals surface area contributed by atoms with Gasteiger partial charge in [-0.05, 0) is 42.6 Å². The van der Waals surface area contributed by atoms with Crippen LogP contribution in [0.15, 0.2) is 24.8 Å². The summed E-state index contributed by atoms with van der Waals surface area (Å²) < 4.78 is 79.5. The van der Waals surface area contributed by atoms with E-state index in [9.17, 15) is 26.3 Å². The normalized spacial score (nSPS) is 20.0. The van der Waals surface area contributed by atoms with Gasteiger partial charge in [-0.15, -0.1) is 13.2 Å². The summed E-state index contributed by atoms with van der Waals surface area (Å²) in [5.74, 6) is -1.81. The van der Waals surface area contributed by atoms with E-state index in [4.69, 9.17) is 0 Å². The van der Waals surface area contributed by atoms with E-state index in [0.29, 0.717) is 24.1 Å². The van der Waals surface area contributed by atoms with Gasteiger partial charge in [0.1, 0.15) is 5.75 Å². The predicted molar refractivity (Wildman–Crippen MR) is 77.3 cm³/mol. The van der Waals surface area contributed by atoms with Gasteiger partial charge in [-0.1, -0.05) is 18.7 Å². The van der Waals surface area contributed by atoms with Crippen LogP contribution in [-0.4, -0.2) is 30.5 Å². The molecule has 1 aromatic carbocycles. The lowest BCUT2D eigenvalue weighted by atomic mass is 9.97. The van der Waals surface area contributed by atoms with Crippen molar-refractivity contribution in [2.75, 3.05) is 13.1 Å². The van der Waals surface area contributed by atoms with Crippen LogP contribution >= 0.6 is 0 Å². The molecule has 1 saturated heterocycles. The van der Waals surface area contributed by atoms with Crippen molar-refractivity contribution in [2.45, 2.75) is 31.9 Å². The molecular weight excluding hydrogens is 336 g/mol. The first-order chi connectivity index (χ1) is 11.1. The molecule has 134 valence electrons. The van der Waals surface area contributed by atoms with E-state index in [1.165, 1.54) is 18.2 Å². The van der Waals surface area contributed by atoms with Crippen LogP contribution in [0.5, 0.6) is 5.75 Å². The summed E-state index contributed by atoms with van der Waals surface area (Å²) in [6, 6.07) is 3.96. The summed E-state index contributed by atoms with van der Waals surface area (Å²) >= 11 is 0. The highest BCUT2D eigenvalue weighted by molar-refractivity contribution is 5.51. The first-order valence-electron chi connectivity index (χ1n) is 7.38. The van der Waals surface area contributed by atoms with E-state index in [1.807, 2.05) is 0 Å². The number of nitrogens with zero attached hydrogens (tertiary/aromatic N) is 1. The van der Waals surface area contributed by atoms with Crippen LogP contribution in [0, 0.1) is 5.92 Å². The highest BCUT2D eigenvalue weighted by atomic mass is 19.4. The number of benzene rings is 1. The fourth-order valence-corrected chi connectivity index (χ4v) is 2.81. The van der Waals surface area contributed by atoms with Crippen LogP contribution in [0.25, 0.3) is 6.08 Å². The molecule has 1 atom stereocenters. The van der Waals surface area contributed by atoms with Crippen molar-refractivity contribution in [3.8, 4) is 5.75 Å². The molecule has 1 heterocycles. The van der Waals surface area contributed by atoms with Gasteiger partial charge in [0, 0.05) is 13.1 Å². The summed E-state index contributed by atoms with van der Waals surface area (Å²) in [5, 5.41) is 0. The summed E-state index contributed by atoms with van der Waals surface area (Å²) in [7, 11) is 0. The van der Waals surface area contributed by atoms with Crippen LogP contribution in [0.4, 0.5) is 26.3 Å². The van der Waals surface area contributed by atoms with E-state index in [-0.39, 0.29) is 19.5 Å². The molecule has 0 amide bonds. The quantitative estimate of drug-likeness (QED) is 0.706. The van der Waals surface area contributed by atoms with Crippen LogP contribution in [0.3, 0.4) is 0 Å². The maximum Gasteiger partial charge on any atom is 0.573 e. The van der Waals surface area contributed by atoms with Crippen LogP contribution in [-0.2, 0) is 6.54 Å². The third-order valence-corrected chi connectivity index (χ3v) is 3.83. The van der Waals surface area contributed by atoms with Gasteiger partial charge in [0.2, 0.25) is 0 Å². The molecule has 1 aliphatic rings. The number of likely N-dealkylation sites (tertiary alicyclic amines) is 1. The van der Waals surface area contributed by atoms with Gasteiger partial charge in [-0.25, -0.2) is 0 Å². The van der Waals surface area contributed by atoms with E-state index >= 15 is 0 Å². The number of halogens is 6. The number of ether oxygens (including phenoxy) is 1. The summed E-state index contributed by atoms with van der Waals surface area (Å²) in [6.45, 7) is 3.95. The summed E-state index contributed by atoms with van der Waals surface area (Å²) in [4.78, 5) is 1.60. The summed E-state index contributed by atoms with van der Waals surface area (Å²) in [6.07, 6.45) is -7.25. The van der Waals surface area contributed by atoms with Gasteiger partial charge in [0.25, 0.3) is 0 Å². The molecule has 0 aliphatic carbocycles. The smallest absolute Gasteiger partial charge is 0.406 e. The van der Waals surface area contributed by atoms with Gasteiger partial charge in [-0.3, -0.25) is 4.90 Å². The Kier molecular flexibility index (Phi) is 5.47. The lowest BCUT2D eigenvalue weighted by molar-refractivity contribution is -0.274. The van der Waals surface area contributed by atoms with Crippen molar-refractivity contribution in [1.82, 2.24) is 4.90 Å². The van der Waals surface area contributed by atoms with Crippen molar-refractivity contribution in [1.29, 1.82) is 0 Å². The SMILES string of the molecule is C=Cc1cc(CN2CCCC(C(F)(F)F)C2)cc(OC(F)(F)F)c1. The number of alkyl halides is 6. The van der Waals surface area contributed by atoms with Gasteiger partial charge >= 0.3 is 12.5 Å². The number of rotatable bonds is 4. The summed E-state index contributed by atoms with van der Waals surface area (Å²) in [5.41, 5.74) is 0.866. The monoisotopic (exact) mass is 353 g/mol. The molecule has 8 heteroatoms. The third-order valence-electron chi connectivity index (χ3n) is 3.83. The largest absolute Gasteiger partial charge is 0.573 e. The zero-order valence-electron chi connectivity index (χ0n) is 12.8. The van der Waals surface area contributed by atoms with Crippen LogP contribution in [0.1, 0.15) is 24.0 Å². The molecule has 2 rings (SSSR count). The Morgan fingerprint density at radius 2 is 1.88 bits per heavy atom. The van der Waals surface area contributed by atoms with E-state index in [2.05, 4.69) is 11.3 Å². The fraction of sp³-hybridized carbons (Fsp3) is 0.500. The average Bonchev–Trinajstić information content (AvgIpc) is 2.44. The van der Waals surface area contributed by atoms with Crippen molar-refractivity contribution < 1.29 is 31.1 Å². The van der Waals surface area contributed by atoms with Gasteiger partial charge < -0.3 is 4.74 Å². The van der Waals surface area contributed by atoms with Gasteiger partial charge in [-0.2, -0.15) is 13.2 Å². The number of hydrogen-bond donors (Lipinski definition) is 0. The Bertz CT molecular complexity index is 581. The lowest BCUT2D eigenvalue weighted by Crippen LogP contribution is -2.41. The Hall–Kier alpha value is -1.70. The molecule has 0 aromatic heterocycles. The molecule has 1 aromatic rings. The standard InChI is InChI=1S/C16H17F6NO/c1-2-11-6-12(8-14(7-11)24-16(20,21)22)9-23-5-3-4-13(10-23)15(17,18)19/h2,6-8,13H,1,3-5,9-10H2. The second-order valence-electron chi connectivity index (χ2n) is 5.78. The van der Waals surface area contributed by atoms with Crippen molar-refractivity contribution in [2.24, 2.45) is 5.92 Å². The van der Waals surface area contributed by atoms with Gasteiger partial charge in [0.05, 0.1) is 5.92 Å². The zero-order chi connectivity index (χ0) is 18.0. The molecule has 1 fully saturated rings. The Morgan fingerprint density at radius 3 is 2.46 bits per heavy atom. The van der Waals surface area contributed by atoms with Crippen LogP contribution < -0.4 is 4.74 Å². The molecule has 0 radical (unpaired) electrons.